The number of esters is 1. The standard InChI is InChI=1S/C26H19Br2FN2O4S/c1-31-24(32)22(36-26(31)30-19-9-5-17(6-10-19)25(33)34-2)13-16-11-20(27)23(21(28)12-16)35-14-15-3-7-18(29)8-4-15/h3-13H,14H2,1-2H3. The molecule has 1 fully saturated rings. The van der Waals surface area contributed by atoms with Crippen LogP contribution in [0.5, 0.6) is 5.75 Å². The number of aliphatic imine (C=N–C) groups is 1. The maximum absolute atomic E-state index is 13.1. The normalized spacial score (nSPS) is 15.6. The highest BCUT2D eigenvalue weighted by molar-refractivity contribution is 9.11. The summed E-state index contributed by atoms with van der Waals surface area (Å²) in [5, 5.41) is 0.523. The fourth-order valence-electron chi connectivity index (χ4n) is 3.24. The molecule has 1 amide bonds. The molecule has 0 aliphatic carbocycles. The molecule has 1 saturated heterocycles. The van der Waals surface area contributed by atoms with Crippen LogP contribution in [0.1, 0.15) is 21.5 Å². The van der Waals surface area contributed by atoms with Gasteiger partial charge in [-0.05, 0) is 109 Å². The number of halogens is 3. The molecule has 1 aliphatic rings. The quantitative estimate of drug-likeness (QED) is 0.217. The minimum absolute atomic E-state index is 0.172. The molecule has 0 saturated carbocycles. The van der Waals surface area contributed by atoms with Gasteiger partial charge in [-0.2, -0.15) is 0 Å². The van der Waals surface area contributed by atoms with E-state index in [2.05, 4.69) is 36.9 Å². The van der Waals surface area contributed by atoms with Gasteiger partial charge in [-0.15, -0.1) is 0 Å². The summed E-state index contributed by atoms with van der Waals surface area (Å²) < 4.78 is 25.1. The van der Waals surface area contributed by atoms with Crippen molar-refractivity contribution in [2.24, 2.45) is 4.99 Å². The number of likely N-dealkylation sites (N-methyl/N-ethyl adjacent to an activating group) is 1. The number of carbonyl (C=O) groups is 2. The Morgan fingerprint density at radius 1 is 1.08 bits per heavy atom. The van der Waals surface area contributed by atoms with Gasteiger partial charge in [0.25, 0.3) is 5.91 Å². The largest absolute Gasteiger partial charge is 0.487 e. The highest BCUT2D eigenvalue weighted by Crippen LogP contribution is 2.38. The van der Waals surface area contributed by atoms with E-state index < -0.39 is 5.97 Å². The second-order valence-electron chi connectivity index (χ2n) is 7.64. The van der Waals surface area contributed by atoms with Gasteiger partial charge >= 0.3 is 5.97 Å². The minimum Gasteiger partial charge on any atom is -0.487 e. The number of carbonyl (C=O) groups excluding carboxylic acids is 2. The van der Waals surface area contributed by atoms with Crippen molar-refractivity contribution in [2.45, 2.75) is 6.61 Å². The van der Waals surface area contributed by atoms with Crippen LogP contribution in [0.15, 0.2) is 79.5 Å². The first-order valence-electron chi connectivity index (χ1n) is 10.6. The fraction of sp³-hybridized carbons (Fsp3) is 0.115. The van der Waals surface area contributed by atoms with Crippen LogP contribution < -0.4 is 4.74 Å². The van der Waals surface area contributed by atoms with Crippen molar-refractivity contribution in [1.29, 1.82) is 0 Å². The van der Waals surface area contributed by atoms with E-state index in [1.807, 2.05) is 12.1 Å². The van der Waals surface area contributed by atoms with Crippen molar-refractivity contribution in [3.63, 3.8) is 0 Å². The summed E-state index contributed by atoms with van der Waals surface area (Å²) in [7, 11) is 2.99. The average molecular weight is 634 g/mol. The third-order valence-corrected chi connectivity index (χ3v) is 7.37. The smallest absolute Gasteiger partial charge is 0.337 e. The van der Waals surface area contributed by atoms with E-state index >= 15 is 0 Å². The summed E-state index contributed by atoms with van der Waals surface area (Å²) in [4.78, 5) is 31.0. The number of nitrogens with zero attached hydrogens (tertiary/aromatic N) is 2. The molecule has 0 bridgehead atoms. The first kappa shape index (κ1) is 26.1. The Balaban J connectivity index is 1.51. The van der Waals surface area contributed by atoms with Crippen LogP contribution in [-0.2, 0) is 16.1 Å². The van der Waals surface area contributed by atoms with Gasteiger partial charge in [0, 0.05) is 7.05 Å². The molecule has 0 aromatic heterocycles. The topological polar surface area (TPSA) is 68.2 Å². The number of rotatable bonds is 6. The van der Waals surface area contributed by atoms with Crippen LogP contribution in [0.2, 0.25) is 0 Å². The van der Waals surface area contributed by atoms with Crippen LogP contribution in [0, 0.1) is 5.82 Å². The van der Waals surface area contributed by atoms with Crippen molar-refractivity contribution in [3.05, 3.63) is 97.0 Å². The first-order chi connectivity index (χ1) is 17.2. The van der Waals surface area contributed by atoms with Crippen molar-refractivity contribution < 1.29 is 23.5 Å². The van der Waals surface area contributed by atoms with Crippen molar-refractivity contribution in [2.75, 3.05) is 14.2 Å². The highest BCUT2D eigenvalue weighted by Gasteiger charge is 2.30. The minimum atomic E-state index is -0.425. The maximum atomic E-state index is 13.1. The third-order valence-electron chi connectivity index (χ3n) is 5.13. The summed E-state index contributed by atoms with van der Waals surface area (Å²) in [6, 6.07) is 16.5. The van der Waals surface area contributed by atoms with Gasteiger partial charge in [-0.3, -0.25) is 9.69 Å². The van der Waals surface area contributed by atoms with Crippen LogP contribution in [-0.4, -0.2) is 36.1 Å². The molecule has 10 heteroatoms. The second kappa shape index (κ2) is 11.4. The molecule has 36 heavy (non-hydrogen) atoms. The van der Waals surface area contributed by atoms with Crippen molar-refractivity contribution in [1.82, 2.24) is 4.90 Å². The summed E-state index contributed by atoms with van der Waals surface area (Å²) >= 11 is 8.33. The monoisotopic (exact) mass is 632 g/mol. The Bertz CT molecular complexity index is 1350. The number of amidine groups is 1. The van der Waals surface area contributed by atoms with Crippen molar-refractivity contribution >= 4 is 72.4 Å². The lowest BCUT2D eigenvalue weighted by Gasteiger charge is -2.11. The molecule has 0 spiro atoms. The van der Waals surface area contributed by atoms with Gasteiger partial charge in [0.15, 0.2) is 5.17 Å². The lowest BCUT2D eigenvalue weighted by Crippen LogP contribution is -2.23. The van der Waals surface area contributed by atoms with E-state index in [-0.39, 0.29) is 18.3 Å². The van der Waals surface area contributed by atoms with Crippen LogP contribution >= 0.6 is 43.6 Å². The Hall–Kier alpha value is -2.95. The number of benzene rings is 3. The van der Waals surface area contributed by atoms with E-state index in [4.69, 9.17) is 9.47 Å². The Morgan fingerprint density at radius 2 is 1.72 bits per heavy atom. The number of ether oxygens (including phenoxy) is 2. The molecular formula is C26H19Br2FN2O4S. The lowest BCUT2D eigenvalue weighted by atomic mass is 10.2. The zero-order chi connectivity index (χ0) is 25.8. The molecule has 0 unspecified atom stereocenters. The Kier molecular flexibility index (Phi) is 8.28. The molecule has 0 radical (unpaired) electrons. The summed E-state index contributed by atoms with van der Waals surface area (Å²) in [5.74, 6) is -0.297. The lowest BCUT2D eigenvalue weighted by molar-refractivity contribution is -0.121. The van der Waals surface area contributed by atoms with E-state index in [0.717, 1.165) is 11.1 Å². The molecule has 184 valence electrons. The van der Waals surface area contributed by atoms with E-state index in [1.165, 1.54) is 35.9 Å². The summed E-state index contributed by atoms with van der Waals surface area (Å²) in [5.41, 5.74) is 2.66. The SMILES string of the molecule is COC(=O)c1ccc(N=C2SC(=Cc3cc(Br)c(OCc4ccc(F)cc4)c(Br)c3)C(=O)N2C)cc1. The number of thioether (sulfide) groups is 1. The molecule has 3 aromatic rings. The zero-order valence-corrected chi connectivity index (χ0v) is 23.1. The van der Waals surface area contributed by atoms with Gasteiger partial charge < -0.3 is 9.47 Å². The third kappa shape index (κ3) is 6.05. The predicted molar refractivity (Wildman–Crippen MR) is 146 cm³/mol. The number of amides is 1. The van der Waals surface area contributed by atoms with Crippen molar-refractivity contribution in [3.8, 4) is 5.75 Å². The maximum Gasteiger partial charge on any atom is 0.337 e. The highest BCUT2D eigenvalue weighted by atomic mass is 79.9. The average Bonchev–Trinajstić information content (AvgIpc) is 3.12. The first-order valence-corrected chi connectivity index (χ1v) is 13.0. The molecule has 4 rings (SSSR count). The van der Waals surface area contributed by atoms with E-state index in [9.17, 15) is 14.0 Å². The van der Waals surface area contributed by atoms with Crippen LogP contribution in [0.4, 0.5) is 10.1 Å². The van der Waals surface area contributed by atoms with Gasteiger partial charge in [-0.1, -0.05) is 12.1 Å². The predicted octanol–water partition coefficient (Wildman–Crippen LogP) is 6.95. The van der Waals surface area contributed by atoms with E-state index in [1.54, 1.807) is 49.5 Å². The van der Waals surface area contributed by atoms with Gasteiger partial charge in [0.1, 0.15) is 18.2 Å². The second-order valence-corrected chi connectivity index (χ2v) is 10.4. The number of hydrogen-bond donors (Lipinski definition) is 0. The zero-order valence-electron chi connectivity index (χ0n) is 19.1. The molecule has 0 N–H and O–H groups in total. The molecular weight excluding hydrogens is 615 g/mol. The fourth-order valence-corrected chi connectivity index (χ4v) is 5.68. The van der Waals surface area contributed by atoms with Crippen LogP contribution in [0.3, 0.4) is 0 Å². The summed E-state index contributed by atoms with van der Waals surface area (Å²) in [6.45, 7) is 0.275. The van der Waals surface area contributed by atoms with Crippen LogP contribution in [0.25, 0.3) is 6.08 Å². The number of hydrogen-bond acceptors (Lipinski definition) is 6. The van der Waals surface area contributed by atoms with Gasteiger partial charge in [0.05, 0.1) is 32.2 Å². The van der Waals surface area contributed by atoms with E-state index in [0.29, 0.717) is 36.0 Å². The molecule has 1 heterocycles. The Labute approximate surface area is 228 Å². The molecule has 1 aliphatic heterocycles. The molecule has 0 atom stereocenters. The van der Waals surface area contributed by atoms with Gasteiger partial charge in [-0.25, -0.2) is 14.2 Å². The van der Waals surface area contributed by atoms with Gasteiger partial charge in [0.2, 0.25) is 0 Å². The molecule has 3 aromatic carbocycles. The Morgan fingerprint density at radius 3 is 2.33 bits per heavy atom. The number of methoxy groups -OCH3 is 1. The molecule has 6 nitrogen and oxygen atoms in total. The summed E-state index contributed by atoms with van der Waals surface area (Å²) in [6.07, 6.45) is 1.78.